The molecule has 0 aliphatic heterocycles. The van der Waals surface area contributed by atoms with Gasteiger partial charge in [0.1, 0.15) is 0 Å². The van der Waals surface area contributed by atoms with Gasteiger partial charge in [-0.3, -0.25) is 0 Å². The Balaban J connectivity index is 2.31. The zero-order chi connectivity index (χ0) is 11.5. The Morgan fingerprint density at radius 2 is 2.38 bits per heavy atom. The largest absolute Gasteiger partial charge is 0.381 e. The van der Waals surface area contributed by atoms with Crippen molar-refractivity contribution >= 4 is 17.0 Å². The molecule has 2 rings (SSSR count). The summed E-state index contributed by atoms with van der Waals surface area (Å²) in [5.41, 5.74) is 1.10. The van der Waals surface area contributed by atoms with Gasteiger partial charge in [-0.15, -0.1) is 21.5 Å². The third-order valence-electron chi connectivity index (χ3n) is 2.42. The molecule has 0 amide bonds. The number of rotatable bonds is 4. The van der Waals surface area contributed by atoms with Crippen molar-refractivity contribution < 1.29 is 0 Å². The van der Waals surface area contributed by atoms with Crippen LogP contribution in [0, 0.1) is 6.92 Å². The van der Waals surface area contributed by atoms with Crippen LogP contribution in [0.15, 0.2) is 6.07 Å². The van der Waals surface area contributed by atoms with E-state index in [9.17, 15) is 0 Å². The Morgan fingerprint density at radius 1 is 1.56 bits per heavy atom. The molecule has 6 heteroatoms. The van der Waals surface area contributed by atoms with Crippen LogP contribution in [0.1, 0.15) is 25.1 Å². The lowest BCUT2D eigenvalue weighted by Gasteiger charge is -2.12. The number of nitrogens with one attached hydrogen (secondary N) is 2. The van der Waals surface area contributed by atoms with E-state index in [1.54, 1.807) is 11.3 Å². The number of anilines is 1. The fourth-order valence-electron chi connectivity index (χ4n) is 1.41. The molecule has 0 saturated heterocycles. The number of hydrogen-bond acceptors (Lipinski definition) is 5. The monoisotopic (exact) mass is 237 g/mol. The first kappa shape index (κ1) is 11.1. The zero-order valence-corrected chi connectivity index (χ0v) is 10.4. The molecule has 0 aliphatic carbocycles. The normalized spacial score (nSPS) is 12.7. The summed E-state index contributed by atoms with van der Waals surface area (Å²) < 4.78 is 0. The van der Waals surface area contributed by atoms with Gasteiger partial charge in [0.25, 0.3) is 0 Å². The summed E-state index contributed by atoms with van der Waals surface area (Å²) in [5, 5.41) is 17.6. The van der Waals surface area contributed by atoms with E-state index in [0.717, 1.165) is 17.0 Å². The van der Waals surface area contributed by atoms with Crippen LogP contribution in [0.25, 0.3) is 10.7 Å². The van der Waals surface area contributed by atoms with Gasteiger partial charge < -0.3 is 5.32 Å². The molecule has 0 spiro atoms. The third-order valence-corrected chi connectivity index (χ3v) is 3.46. The van der Waals surface area contributed by atoms with Gasteiger partial charge in [-0.05, 0) is 31.5 Å². The van der Waals surface area contributed by atoms with Gasteiger partial charge in [0.2, 0.25) is 5.82 Å². The molecule has 86 valence electrons. The maximum absolute atomic E-state index is 4.02. The predicted molar refractivity (Wildman–Crippen MR) is 65.6 cm³/mol. The molecule has 0 aromatic carbocycles. The SMILES string of the molecule is CCC(C)Nc1cc(C)sc1-c1nn[nH]n1. The van der Waals surface area contributed by atoms with Crippen LogP contribution in [0.3, 0.4) is 0 Å². The Bertz CT molecular complexity index is 448. The topological polar surface area (TPSA) is 66.5 Å². The van der Waals surface area contributed by atoms with Crippen molar-refractivity contribution in [2.75, 3.05) is 5.32 Å². The first-order valence-electron chi connectivity index (χ1n) is 5.31. The fraction of sp³-hybridized carbons (Fsp3) is 0.500. The van der Waals surface area contributed by atoms with Crippen LogP contribution in [0.5, 0.6) is 0 Å². The first-order valence-corrected chi connectivity index (χ1v) is 6.13. The van der Waals surface area contributed by atoms with Crippen molar-refractivity contribution in [1.82, 2.24) is 20.6 Å². The summed E-state index contributed by atoms with van der Waals surface area (Å²) in [6.45, 7) is 6.40. The quantitative estimate of drug-likeness (QED) is 0.857. The van der Waals surface area contributed by atoms with Crippen LogP contribution in [-0.2, 0) is 0 Å². The minimum Gasteiger partial charge on any atom is -0.381 e. The van der Waals surface area contributed by atoms with Crippen LogP contribution < -0.4 is 5.32 Å². The molecular formula is C10H15N5S. The van der Waals surface area contributed by atoms with E-state index in [-0.39, 0.29) is 0 Å². The summed E-state index contributed by atoms with van der Waals surface area (Å²) in [7, 11) is 0. The number of tetrazole rings is 1. The van der Waals surface area contributed by atoms with E-state index in [2.05, 4.69) is 52.8 Å². The number of aromatic nitrogens is 4. The van der Waals surface area contributed by atoms with Gasteiger partial charge in [-0.2, -0.15) is 5.21 Å². The second-order valence-corrected chi connectivity index (χ2v) is 5.05. The molecule has 16 heavy (non-hydrogen) atoms. The van der Waals surface area contributed by atoms with Gasteiger partial charge in [0.05, 0.1) is 10.6 Å². The maximum atomic E-state index is 4.02. The Morgan fingerprint density at radius 3 is 3.00 bits per heavy atom. The first-order chi connectivity index (χ1) is 7.70. The van der Waals surface area contributed by atoms with E-state index in [1.165, 1.54) is 4.88 Å². The van der Waals surface area contributed by atoms with E-state index in [0.29, 0.717) is 11.9 Å². The summed E-state index contributed by atoms with van der Waals surface area (Å²) in [6.07, 6.45) is 1.08. The molecule has 0 fully saturated rings. The molecule has 0 aliphatic rings. The molecule has 5 nitrogen and oxygen atoms in total. The molecule has 1 atom stereocenters. The molecule has 0 radical (unpaired) electrons. The van der Waals surface area contributed by atoms with Crippen molar-refractivity contribution in [1.29, 1.82) is 0 Å². The lowest BCUT2D eigenvalue weighted by Crippen LogP contribution is -2.13. The number of thiophene rings is 1. The minimum atomic E-state index is 0.444. The highest BCUT2D eigenvalue weighted by Gasteiger charge is 2.14. The highest BCUT2D eigenvalue weighted by Crippen LogP contribution is 2.34. The molecule has 0 saturated carbocycles. The van der Waals surface area contributed by atoms with Crippen molar-refractivity contribution in [2.45, 2.75) is 33.2 Å². The summed E-state index contributed by atoms with van der Waals surface area (Å²) in [4.78, 5) is 2.29. The van der Waals surface area contributed by atoms with Crippen LogP contribution in [-0.4, -0.2) is 26.7 Å². The summed E-state index contributed by atoms with van der Waals surface area (Å²) in [5.74, 6) is 0.656. The third kappa shape index (κ3) is 2.21. The molecule has 2 aromatic rings. The molecule has 0 bridgehead atoms. The van der Waals surface area contributed by atoms with Crippen molar-refractivity contribution in [2.24, 2.45) is 0 Å². The average Bonchev–Trinajstić information content (AvgIpc) is 2.87. The van der Waals surface area contributed by atoms with E-state index >= 15 is 0 Å². The molecule has 2 N–H and O–H groups in total. The van der Waals surface area contributed by atoms with E-state index < -0.39 is 0 Å². The lowest BCUT2D eigenvalue weighted by atomic mass is 10.2. The van der Waals surface area contributed by atoms with Crippen molar-refractivity contribution in [3.63, 3.8) is 0 Å². The summed E-state index contributed by atoms with van der Waals surface area (Å²) in [6, 6.07) is 2.57. The number of H-pyrrole nitrogens is 1. The van der Waals surface area contributed by atoms with Crippen LogP contribution >= 0.6 is 11.3 Å². The van der Waals surface area contributed by atoms with Gasteiger partial charge in [-0.25, -0.2) is 0 Å². The zero-order valence-electron chi connectivity index (χ0n) is 9.61. The number of aromatic amines is 1. The van der Waals surface area contributed by atoms with Crippen molar-refractivity contribution in [3.8, 4) is 10.7 Å². The Kier molecular flexibility index (Phi) is 3.19. The predicted octanol–water partition coefficient (Wildman–Crippen LogP) is 2.45. The molecular weight excluding hydrogens is 222 g/mol. The van der Waals surface area contributed by atoms with Crippen LogP contribution in [0.2, 0.25) is 0 Å². The second kappa shape index (κ2) is 4.61. The lowest BCUT2D eigenvalue weighted by molar-refractivity contribution is 0.765. The highest BCUT2D eigenvalue weighted by atomic mass is 32.1. The highest BCUT2D eigenvalue weighted by molar-refractivity contribution is 7.16. The summed E-state index contributed by atoms with van der Waals surface area (Å²) >= 11 is 1.68. The molecule has 1 unspecified atom stereocenters. The van der Waals surface area contributed by atoms with Gasteiger partial charge in [0, 0.05) is 10.9 Å². The second-order valence-electron chi connectivity index (χ2n) is 3.79. The molecule has 2 heterocycles. The van der Waals surface area contributed by atoms with Gasteiger partial charge in [0.15, 0.2) is 0 Å². The fourth-order valence-corrected chi connectivity index (χ4v) is 2.32. The Labute approximate surface area is 98.3 Å². The number of hydrogen-bond donors (Lipinski definition) is 2. The Hall–Kier alpha value is -1.43. The molecule has 2 aromatic heterocycles. The van der Waals surface area contributed by atoms with E-state index in [4.69, 9.17) is 0 Å². The standard InChI is InChI=1S/C10H15N5S/c1-4-6(2)11-8-5-7(3)16-9(8)10-12-14-15-13-10/h5-6,11H,4H2,1-3H3,(H,12,13,14,15). The minimum absolute atomic E-state index is 0.444. The number of aryl methyl sites for hydroxylation is 1. The average molecular weight is 237 g/mol. The maximum Gasteiger partial charge on any atom is 0.216 e. The van der Waals surface area contributed by atoms with E-state index in [1.807, 2.05) is 0 Å². The van der Waals surface area contributed by atoms with Gasteiger partial charge >= 0.3 is 0 Å². The smallest absolute Gasteiger partial charge is 0.216 e. The van der Waals surface area contributed by atoms with Crippen LogP contribution in [0.4, 0.5) is 5.69 Å². The van der Waals surface area contributed by atoms with Crippen molar-refractivity contribution in [3.05, 3.63) is 10.9 Å². The van der Waals surface area contributed by atoms with Gasteiger partial charge in [-0.1, -0.05) is 6.92 Å². The number of nitrogens with zero attached hydrogens (tertiary/aromatic N) is 3.